The van der Waals surface area contributed by atoms with Crippen LogP contribution in [-0.4, -0.2) is 71.9 Å². The van der Waals surface area contributed by atoms with Crippen molar-refractivity contribution in [3.05, 3.63) is 12.4 Å². The largest absolute Gasteiger partial charge is 0.473 e. The van der Waals surface area contributed by atoms with Crippen molar-refractivity contribution in [3.8, 4) is 5.88 Å². The predicted octanol–water partition coefficient (Wildman–Crippen LogP) is 1.66. The second kappa shape index (κ2) is 8.07. The summed E-state index contributed by atoms with van der Waals surface area (Å²) in [5.41, 5.74) is -0.466. The minimum Gasteiger partial charge on any atom is -0.473 e. The molecule has 2 saturated heterocycles. The lowest BCUT2D eigenvalue weighted by atomic mass is 10.1. The number of nitrogens with one attached hydrogen (secondary N) is 1. The van der Waals surface area contributed by atoms with Crippen LogP contribution >= 0.6 is 0 Å². The number of carbonyl (C=O) groups excluding carboxylic acids is 1. The van der Waals surface area contributed by atoms with Gasteiger partial charge in [-0.15, -0.1) is 0 Å². The summed E-state index contributed by atoms with van der Waals surface area (Å²) >= 11 is 0. The molecule has 144 valence electrons. The molecule has 0 bridgehead atoms. The Balaban J connectivity index is 1.46. The van der Waals surface area contributed by atoms with E-state index >= 15 is 0 Å². The number of hydrogen-bond acceptors (Lipinski definition) is 7. The minimum atomic E-state index is -0.466. The van der Waals surface area contributed by atoms with Crippen LogP contribution in [0.5, 0.6) is 5.88 Å². The van der Waals surface area contributed by atoms with Crippen molar-refractivity contribution in [2.45, 2.75) is 45.3 Å². The first kappa shape index (κ1) is 18.7. The fourth-order valence-corrected chi connectivity index (χ4v) is 3.08. The monoisotopic (exact) mass is 363 g/mol. The van der Waals surface area contributed by atoms with Crippen molar-refractivity contribution >= 4 is 11.9 Å². The van der Waals surface area contributed by atoms with Crippen molar-refractivity contribution in [1.29, 1.82) is 0 Å². The molecule has 0 unspecified atom stereocenters. The maximum atomic E-state index is 12.1. The summed E-state index contributed by atoms with van der Waals surface area (Å²) in [4.78, 5) is 24.9. The fourth-order valence-electron chi connectivity index (χ4n) is 3.08. The van der Waals surface area contributed by atoms with Gasteiger partial charge in [0.2, 0.25) is 5.88 Å². The van der Waals surface area contributed by atoms with Gasteiger partial charge in [-0.05, 0) is 20.8 Å². The van der Waals surface area contributed by atoms with E-state index in [0.717, 1.165) is 44.8 Å². The van der Waals surface area contributed by atoms with Crippen molar-refractivity contribution in [2.24, 2.45) is 0 Å². The van der Waals surface area contributed by atoms with E-state index in [-0.39, 0.29) is 12.2 Å². The third kappa shape index (κ3) is 5.20. The third-order valence-corrected chi connectivity index (χ3v) is 4.44. The Bertz CT molecular complexity index is 588. The molecule has 2 fully saturated rings. The number of carbonyl (C=O) groups is 1. The number of amides is 1. The molecular formula is C18H29N5O3. The van der Waals surface area contributed by atoms with Gasteiger partial charge in [0.1, 0.15) is 17.5 Å². The van der Waals surface area contributed by atoms with Gasteiger partial charge in [0.15, 0.2) is 0 Å². The van der Waals surface area contributed by atoms with E-state index in [2.05, 4.69) is 20.2 Å². The highest BCUT2D eigenvalue weighted by atomic mass is 16.6. The van der Waals surface area contributed by atoms with Crippen molar-refractivity contribution in [2.75, 3.05) is 44.2 Å². The topological polar surface area (TPSA) is 79.8 Å². The summed E-state index contributed by atoms with van der Waals surface area (Å²) in [5, 5.41) is 3.32. The second-order valence-electron chi connectivity index (χ2n) is 7.73. The third-order valence-electron chi connectivity index (χ3n) is 4.44. The Labute approximate surface area is 154 Å². The second-order valence-corrected chi connectivity index (χ2v) is 7.73. The van der Waals surface area contributed by atoms with Gasteiger partial charge >= 0.3 is 6.09 Å². The molecule has 0 aromatic carbocycles. The molecule has 0 aliphatic carbocycles. The molecular weight excluding hydrogens is 334 g/mol. The molecule has 2 aliphatic heterocycles. The molecule has 3 heterocycles. The lowest BCUT2D eigenvalue weighted by Gasteiger charge is -2.33. The predicted molar refractivity (Wildman–Crippen MR) is 98.6 cm³/mol. The Morgan fingerprint density at radius 3 is 2.38 bits per heavy atom. The standard InChI is InChI=1S/C18H29N5O3/c1-18(2,3)26-17(24)23-8-4-14(5-9-23)25-16-13-20-15(12-21-16)22-10-6-19-7-11-22/h12-14,19H,4-11H2,1-3H3. The highest BCUT2D eigenvalue weighted by Crippen LogP contribution is 2.20. The number of anilines is 1. The van der Waals surface area contributed by atoms with Crippen molar-refractivity contribution in [1.82, 2.24) is 20.2 Å². The van der Waals surface area contributed by atoms with Gasteiger partial charge in [0.05, 0.1) is 12.4 Å². The molecule has 26 heavy (non-hydrogen) atoms. The Hall–Kier alpha value is -2.09. The van der Waals surface area contributed by atoms with Crippen molar-refractivity contribution < 1.29 is 14.3 Å². The number of aromatic nitrogens is 2. The van der Waals surface area contributed by atoms with Gasteiger partial charge in [-0.3, -0.25) is 0 Å². The van der Waals surface area contributed by atoms with Crippen LogP contribution < -0.4 is 15.0 Å². The molecule has 0 atom stereocenters. The highest BCUT2D eigenvalue weighted by Gasteiger charge is 2.27. The number of piperazine rings is 1. The molecule has 3 rings (SSSR count). The number of hydrogen-bond donors (Lipinski definition) is 1. The van der Waals surface area contributed by atoms with Gasteiger partial charge < -0.3 is 24.6 Å². The summed E-state index contributed by atoms with van der Waals surface area (Å²) in [6.07, 6.45) is 4.79. The summed E-state index contributed by atoms with van der Waals surface area (Å²) in [6, 6.07) is 0. The fraction of sp³-hybridized carbons (Fsp3) is 0.722. The van der Waals surface area contributed by atoms with E-state index in [9.17, 15) is 4.79 Å². The summed E-state index contributed by atoms with van der Waals surface area (Å²) in [7, 11) is 0. The molecule has 0 saturated carbocycles. The molecule has 0 radical (unpaired) electrons. The molecule has 1 N–H and O–H groups in total. The van der Waals surface area contributed by atoms with Crippen LogP contribution in [0.3, 0.4) is 0 Å². The maximum absolute atomic E-state index is 12.1. The first-order valence-corrected chi connectivity index (χ1v) is 9.33. The molecule has 1 amide bonds. The molecule has 1 aromatic rings. The van der Waals surface area contributed by atoms with Gasteiger partial charge in [0, 0.05) is 52.1 Å². The van der Waals surface area contributed by atoms with E-state index in [1.807, 2.05) is 20.8 Å². The van der Waals surface area contributed by atoms with E-state index in [1.165, 1.54) is 0 Å². The van der Waals surface area contributed by atoms with Crippen LogP contribution in [0, 0.1) is 0 Å². The van der Waals surface area contributed by atoms with E-state index in [1.54, 1.807) is 17.3 Å². The zero-order valence-electron chi connectivity index (χ0n) is 15.9. The maximum Gasteiger partial charge on any atom is 0.410 e. The number of nitrogens with zero attached hydrogens (tertiary/aromatic N) is 4. The quantitative estimate of drug-likeness (QED) is 0.875. The normalized spacial score (nSPS) is 19.3. The summed E-state index contributed by atoms with van der Waals surface area (Å²) < 4.78 is 11.4. The molecule has 0 spiro atoms. The van der Waals surface area contributed by atoms with Crippen LogP contribution in [0.25, 0.3) is 0 Å². The first-order valence-electron chi connectivity index (χ1n) is 9.33. The van der Waals surface area contributed by atoms with Crippen molar-refractivity contribution in [3.63, 3.8) is 0 Å². The van der Waals surface area contributed by atoms with Gasteiger partial charge in [-0.25, -0.2) is 14.8 Å². The highest BCUT2D eigenvalue weighted by molar-refractivity contribution is 5.68. The number of ether oxygens (including phenoxy) is 2. The van der Waals surface area contributed by atoms with Gasteiger partial charge in [-0.2, -0.15) is 0 Å². The number of piperidine rings is 1. The Morgan fingerprint density at radius 2 is 1.81 bits per heavy atom. The van der Waals surface area contributed by atoms with E-state index in [4.69, 9.17) is 9.47 Å². The van der Waals surface area contributed by atoms with Crippen LogP contribution in [0.15, 0.2) is 12.4 Å². The van der Waals surface area contributed by atoms with Gasteiger partial charge in [0.25, 0.3) is 0 Å². The smallest absolute Gasteiger partial charge is 0.410 e. The zero-order valence-corrected chi connectivity index (χ0v) is 15.9. The summed E-state index contributed by atoms with van der Waals surface area (Å²) in [5.74, 6) is 1.43. The van der Waals surface area contributed by atoms with E-state index in [0.29, 0.717) is 19.0 Å². The Morgan fingerprint density at radius 1 is 1.12 bits per heavy atom. The van der Waals surface area contributed by atoms with Crippen LogP contribution in [0.1, 0.15) is 33.6 Å². The summed E-state index contributed by atoms with van der Waals surface area (Å²) in [6.45, 7) is 10.7. The Kier molecular flexibility index (Phi) is 5.80. The van der Waals surface area contributed by atoms with E-state index < -0.39 is 5.60 Å². The molecule has 1 aromatic heterocycles. The van der Waals surface area contributed by atoms with Crippen LogP contribution in [0.2, 0.25) is 0 Å². The molecule has 2 aliphatic rings. The van der Waals surface area contributed by atoms with Crippen LogP contribution in [0.4, 0.5) is 10.6 Å². The zero-order chi connectivity index (χ0) is 18.6. The SMILES string of the molecule is CC(C)(C)OC(=O)N1CCC(Oc2cnc(N3CCNCC3)cn2)CC1. The number of likely N-dealkylation sites (tertiary alicyclic amines) is 1. The molecule has 8 heteroatoms. The molecule has 8 nitrogen and oxygen atoms in total. The lowest BCUT2D eigenvalue weighted by molar-refractivity contribution is 0.0122. The van der Waals surface area contributed by atoms with Crippen LogP contribution in [-0.2, 0) is 4.74 Å². The average Bonchev–Trinajstić information content (AvgIpc) is 2.62. The average molecular weight is 363 g/mol. The van der Waals surface area contributed by atoms with Gasteiger partial charge in [-0.1, -0.05) is 0 Å². The lowest BCUT2D eigenvalue weighted by Crippen LogP contribution is -2.44. The minimum absolute atomic E-state index is 0.0491. The first-order chi connectivity index (χ1) is 12.4. The number of rotatable bonds is 3.